The average Bonchev–Trinajstić information content (AvgIpc) is 3.07. The van der Waals surface area contributed by atoms with E-state index in [1.807, 2.05) is 0 Å². The molecular formula is C15H14ClF3N4O2. The molecule has 1 unspecified atom stereocenters. The van der Waals surface area contributed by atoms with Crippen molar-refractivity contribution in [3.8, 4) is 0 Å². The van der Waals surface area contributed by atoms with E-state index in [1.54, 1.807) is 28.0 Å². The highest BCUT2D eigenvalue weighted by Gasteiger charge is 2.37. The van der Waals surface area contributed by atoms with Crippen molar-refractivity contribution in [3.63, 3.8) is 0 Å². The van der Waals surface area contributed by atoms with Crippen LogP contribution in [-0.4, -0.2) is 27.8 Å². The lowest BCUT2D eigenvalue weighted by molar-refractivity contribution is -0.384. The minimum absolute atomic E-state index is 0.00979. The number of alkyl halides is 3. The number of hydrogen-bond acceptors (Lipinski definition) is 4. The number of halogens is 4. The van der Waals surface area contributed by atoms with Gasteiger partial charge in [-0.05, 0) is 25.0 Å². The van der Waals surface area contributed by atoms with Crippen LogP contribution in [0.15, 0.2) is 30.6 Å². The van der Waals surface area contributed by atoms with Crippen molar-refractivity contribution >= 4 is 23.0 Å². The van der Waals surface area contributed by atoms with Crippen LogP contribution in [-0.2, 0) is 6.18 Å². The molecule has 1 aliphatic rings. The van der Waals surface area contributed by atoms with Crippen molar-refractivity contribution in [3.05, 3.63) is 51.3 Å². The molecule has 0 saturated carbocycles. The van der Waals surface area contributed by atoms with E-state index in [0.29, 0.717) is 19.2 Å². The van der Waals surface area contributed by atoms with Gasteiger partial charge in [0, 0.05) is 31.5 Å². The van der Waals surface area contributed by atoms with E-state index in [2.05, 4.69) is 5.10 Å². The molecule has 1 fully saturated rings. The molecule has 10 heteroatoms. The SMILES string of the molecule is O=[N+]([O-])c1cc(C(F)(F)F)c(Cl)cc1N1CCCC(n2cccn2)C1. The van der Waals surface area contributed by atoms with Gasteiger partial charge in [0.05, 0.1) is 21.6 Å². The van der Waals surface area contributed by atoms with E-state index in [-0.39, 0.29) is 11.7 Å². The predicted octanol–water partition coefficient (Wildman–Crippen LogP) is 4.31. The quantitative estimate of drug-likeness (QED) is 0.593. The number of piperidine rings is 1. The molecule has 0 N–H and O–H groups in total. The Labute approximate surface area is 145 Å². The Kier molecular flexibility index (Phi) is 4.59. The number of nitrogens with zero attached hydrogens (tertiary/aromatic N) is 4. The first-order valence-electron chi connectivity index (χ1n) is 7.56. The fraction of sp³-hybridized carbons (Fsp3) is 0.400. The molecule has 0 amide bonds. The molecule has 0 spiro atoms. The molecule has 1 saturated heterocycles. The summed E-state index contributed by atoms with van der Waals surface area (Å²) >= 11 is 5.76. The Hall–Kier alpha value is -2.29. The van der Waals surface area contributed by atoms with Crippen LogP contribution < -0.4 is 4.90 Å². The van der Waals surface area contributed by atoms with Crippen LogP contribution in [0.5, 0.6) is 0 Å². The Balaban J connectivity index is 1.98. The lowest BCUT2D eigenvalue weighted by atomic mass is 10.0. The monoisotopic (exact) mass is 374 g/mol. The number of benzene rings is 1. The van der Waals surface area contributed by atoms with Gasteiger partial charge in [0.1, 0.15) is 5.69 Å². The van der Waals surface area contributed by atoms with E-state index in [1.165, 1.54) is 0 Å². The van der Waals surface area contributed by atoms with Crippen molar-refractivity contribution in [2.45, 2.75) is 25.1 Å². The molecule has 1 atom stereocenters. The maximum absolute atomic E-state index is 13.0. The zero-order valence-electron chi connectivity index (χ0n) is 12.9. The smallest absolute Gasteiger partial charge is 0.364 e. The predicted molar refractivity (Wildman–Crippen MR) is 85.8 cm³/mol. The molecule has 2 aromatic rings. The molecule has 1 aliphatic heterocycles. The molecular weight excluding hydrogens is 361 g/mol. The van der Waals surface area contributed by atoms with Gasteiger partial charge >= 0.3 is 6.18 Å². The number of aromatic nitrogens is 2. The summed E-state index contributed by atoms with van der Waals surface area (Å²) in [6, 6.07) is 3.31. The van der Waals surface area contributed by atoms with Crippen molar-refractivity contribution in [1.82, 2.24) is 9.78 Å². The topological polar surface area (TPSA) is 64.2 Å². The summed E-state index contributed by atoms with van der Waals surface area (Å²) in [5.74, 6) is 0. The molecule has 0 bridgehead atoms. The third kappa shape index (κ3) is 3.55. The van der Waals surface area contributed by atoms with Crippen LogP contribution in [0.4, 0.5) is 24.5 Å². The van der Waals surface area contributed by atoms with Crippen LogP contribution >= 0.6 is 11.6 Å². The van der Waals surface area contributed by atoms with Gasteiger partial charge in [0.25, 0.3) is 5.69 Å². The second-order valence-electron chi connectivity index (χ2n) is 5.80. The highest BCUT2D eigenvalue weighted by atomic mass is 35.5. The highest BCUT2D eigenvalue weighted by Crippen LogP contribution is 2.42. The Morgan fingerprint density at radius 1 is 1.36 bits per heavy atom. The van der Waals surface area contributed by atoms with Gasteiger partial charge < -0.3 is 4.90 Å². The van der Waals surface area contributed by atoms with E-state index < -0.39 is 27.4 Å². The van der Waals surface area contributed by atoms with Crippen molar-refractivity contribution in [2.75, 3.05) is 18.0 Å². The molecule has 25 heavy (non-hydrogen) atoms. The number of anilines is 1. The molecule has 0 radical (unpaired) electrons. The molecule has 6 nitrogen and oxygen atoms in total. The van der Waals surface area contributed by atoms with Crippen molar-refractivity contribution in [2.24, 2.45) is 0 Å². The van der Waals surface area contributed by atoms with Crippen LogP contribution in [0.25, 0.3) is 0 Å². The highest BCUT2D eigenvalue weighted by molar-refractivity contribution is 6.31. The minimum atomic E-state index is -4.75. The third-order valence-corrected chi connectivity index (χ3v) is 4.52. The zero-order valence-corrected chi connectivity index (χ0v) is 13.7. The second kappa shape index (κ2) is 6.55. The summed E-state index contributed by atoms with van der Waals surface area (Å²) in [6.07, 6.45) is 0.249. The molecule has 0 aliphatic carbocycles. The van der Waals surface area contributed by atoms with Crippen LogP contribution in [0, 0.1) is 10.1 Å². The maximum Gasteiger partial charge on any atom is 0.418 e. The number of nitro groups is 1. The van der Waals surface area contributed by atoms with Gasteiger partial charge in [-0.25, -0.2) is 0 Å². The fourth-order valence-corrected chi connectivity index (χ4v) is 3.32. The van der Waals surface area contributed by atoms with Gasteiger partial charge in [-0.2, -0.15) is 18.3 Å². The first-order chi connectivity index (χ1) is 11.8. The van der Waals surface area contributed by atoms with E-state index in [4.69, 9.17) is 11.6 Å². The van der Waals surface area contributed by atoms with E-state index >= 15 is 0 Å². The molecule has 134 valence electrons. The molecule has 1 aromatic carbocycles. The molecule has 1 aromatic heterocycles. The Morgan fingerprint density at radius 3 is 2.72 bits per heavy atom. The van der Waals surface area contributed by atoms with Gasteiger partial charge in [-0.1, -0.05) is 11.6 Å². The zero-order chi connectivity index (χ0) is 18.2. The summed E-state index contributed by atoms with van der Waals surface area (Å²) in [6.45, 7) is 0.907. The summed E-state index contributed by atoms with van der Waals surface area (Å²) in [4.78, 5) is 12.2. The first kappa shape index (κ1) is 17.5. The lowest BCUT2D eigenvalue weighted by Gasteiger charge is -2.34. The van der Waals surface area contributed by atoms with Crippen LogP contribution in [0.1, 0.15) is 24.4 Å². The second-order valence-corrected chi connectivity index (χ2v) is 6.21. The normalized spacial score (nSPS) is 18.4. The van der Waals surface area contributed by atoms with E-state index in [9.17, 15) is 23.3 Å². The number of nitro benzene ring substituents is 1. The van der Waals surface area contributed by atoms with Crippen LogP contribution in [0.2, 0.25) is 5.02 Å². The van der Waals surface area contributed by atoms with Crippen molar-refractivity contribution in [1.29, 1.82) is 0 Å². The van der Waals surface area contributed by atoms with Gasteiger partial charge in [-0.15, -0.1) is 0 Å². The summed E-state index contributed by atoms with van der Waals surface area (Å²) < 4.78 is 40.7. The minimum Gasteiger partial charge on any atom is -0.364 e. The largest absolute Gasteiger partial charge is 0.418 e. The van der Waals surface area contributed by atoms with Gasteiger partial charge in [-0.3, -0.25) is 14.8 Å². The number of hydrogen-bond donors (Lipinski definition) is 0. The van der Waals surface area contributed by atoms with Crippen molar-refractivity contribution < 1.29 is 18.1 Å². The average molecular weight is 375 g/mol. The van der Waals surface area contributed by atoms with Gasteiger partial charge in [0.15, 0.2) is 0 Å². The summed E-state index contributed by atoms with van der Waals surface area (Å²) in [5.41, 5.74) is -1.71. The summed E-state index contributed by atoms with van der Waals surface area (Å²) in [5, 5.41) is 14.9. The maximum atomic E-state index is 13.0. The van der Waals surface area contributed by atoms with E-state index in [0.717, 1.165) is 18.9 Å². The first-order valence-corrected chi connectivity index (χ1v) is 7.94. The lowest BCUT2D eigenvalue weighted by Crippen LogP contribution is -2.37. The Bertz CT molecular complexity index is 780. The third-order valence-electron chi connectivity index (χ3n) is 4.20. The fourth-order valence-electron chi connectivity index (χ4n) is 3.05. The molecule has 3 rings (SSSR count). The number of rotatable bonds is 3. The Morgan fingerprint density at radius 2 is 2.12 bits per heavy atom. The van der Waals surface area contributed by atoms with Crippen LogP contribution in [0.3, 0.4) is 0 Å². The summed E-state index contributed by atoms with van der Waals surface area (Å²) in [7, 11) is 0. The van der Waals surface area contributed by atoms with Gasteiger partial charge in [0.2, 0.25) is 0 Å². The standard InChI is InChI=1S/C15H14ClF3N4O2/c16-12-8-13(14(23(24)25)7-11(12)15(17,18)19)21-5-1-3-10(9-21)22-6-2-4-20-22/h2,4,6-8,10H,1,3,5,9H2. The molecule has 2 heterocycles.